The van der Waals surface area contributed by atoms with Crippen LogP contribution in [0.1, 0.15) is 18.4 Å². The molecule has 1 aromatic rings. The van der Waals surface area contributed by atoms with E-state index in [9.17, 15) is 9.59 Å². The molecule has 0 aromatic heterocycles. The Morgan fingerprint density at radius 3 is 2.17 bits per heavy atom. The van der Waals surface area contributed by atoms with Crippen LogP contribution in [0.15, 0.2) is 41.5 Å². The molecule has 0 radical (unpaired) electrons. The molecule has 5 heteroatoms. The number of carbonyl (C=O) groups excluding carboxylic acids is 2. The fourth-order valence-electron chi connectivity index (χ4n) is 4.99. The van der Waals surface area contributed by atoms with Gasteiger partial charge in [-0.3, -0.25) is 9.59 Å². The largest absolute Gasteiger partial charge is 0.497 e. The summed E-state index contributed by atoms with van der Waals surface area (Å²) in [5, 5.41) is 5.30. The molecule has 1 aliphatic heterocycles. The van der Waals surface area contributed by atoms with Crippen molar-refractivity contribution in [1.82, 2.24) is 5.01 Å². The van der Waals surface area contributed by atoms with Crippen LogP contribution in [0.5, 0.6) is 5.75 Å². The summed E-state index contributed by atoms with van der Waals surface area (Å²) in [4.78, 5) is 25.5. The van der Waals surface area contributed by atoms with Crippen LogP contribution in [0.3, 0.4) is 0 Å². The predicted molar refractivity (Wildman–Crippen MR) is 87.2 cm³/mol. The molecule has 5 rings (SSSR count). The molecule has 3 fully saturated rings. The lowest BCUT2D eigenvalue weighted by molar-refractivity contribution is -0.141. The smallest absolute Gasteiger partial charge is 0.254 e. The number of ether oxygens (including phenoxy) is 1. The van der Waals surface area contributed by atoms with Crippen molar-refractivity contribution < 1.29 is 14.3 Å². The molecule has 2 bridgehead atoms. The normalized spacial score (nSPS) is 34.6. The summed E-state index contributed by atoms with van der Waals surface area (Å²) in [5.74, 6) is 0.601. The summed E-state index contributed by atoms with van der Waals surface area (Å²) in [6.07, 6.45) is 8.20. The van der Waals surface area contributed by atoms with Gasteiger partial charge in [-0.25, -0.2) is 0 Å². The summed E-state index contributed by atoms with van der Waals surface area (Å²) < 4.78 is 5.12. The van der Waals surface area contributed by atoms with Crippen molar-refractivity contribution in [1.29, 1.82) is 0 Å². The number of nitrogens with zero attached hydrogens (tertiary/aromatic N) is 2. The number of rotatable bonds is 3. The SMILES string of the molecule is COc1ccc(/C=N/N2C(=O)C3C(C2=O)C2C=CC3C23CC3)cc1. The van der Waals surface area contributed by atoms with Gasteiger partial charge in [0, 0.05) is 0 Å². The Balaban J connectivity index is 1.40. The van der Waals surface area contributed by atoms with Gasteiger partial charge in [0.1, 0.15) is 5.75 Å². The van der Waals surface area contributed by atoms with Crippen molar-refractivity contribution in [3.8, 4) is 5.75 Å². The average Bonchev–Trinajstić information content (AvgIpc) is 3.21. The Hall–Kier alpha value is -2.43. The number of amides is 2. The molecule has 24 heavy (non-hydrogen) atoms. The molecular weight excluding hydrogens is 304 g/mol. The number of allylic oxidation sites excluding steroid dienone is 2. The minimum Gasteiger partial charge on any atom is -0.497 e. The number of hydrogen-bond acceptors (Lipinski definition) is 4. The molecule has 122 valence electrons. The zero-order valence-electron chi connectivity index (χ0n) is 13.4. The Morgan fingerprint density at radius 1 is 1.08 bits per heavy atom. The molecule has 0 N–H and O–H groups in total. The minimum absolute atomic E-state index is 0.127. The topological polar surface area (TPSA) is 59.0 Å². The van der Waals surface area contributed by atoms with Gasteiger partial charge in [0.25, 0.3) is 11.8 Å². The number of hydrogen-bond donors (Lipinski definition) is 0. The lowest BCUT2D eigenvalue weighted by Crippen LogP contribution is -2.30. The molecular formula is C19H18N2O3. The van der Waals surface area contributed by atoms with Crippen molar-refractivity contribution in [2.24, 2.45) is 34.2 Å². The van der Waals surface area contributed by atoms with Crippen LogP contribution in [0.25, 0.3) is 0 Å². The molecule has 2 saturated carbocycles. The lowest BCUT2D eigenvalue weighted by atomic mass is 9.85. The maximum atomic E-state index is 12.8. The summed E-state index contributed by atoms with van der Waals surface area (Å²) in [7, 11) is 1.61. The monoisotopic (exact) mass is 322 g/mol. The van der Waals surface area contributed by atoms with Gasteiger partial charge in [0.05, 0.1) is 25.2 Å². The first kappa shape index (κ1) is 14.0. The van der Waals surface area contributed by atoms with E-state index in [-0.39, 0.29) is 40.9 Å². The molecule has 1 saturated heterocycles. The molecule has 1 spiro atoms. The molecule has 4 aliphatic rings. The summed E-state index contributed by atoms with van der Waals surface area (Å²) in [6, 6.07) is 7.34. The highest BCUT2D eigenvalue weighted by molar-refractivity contribution is 6.07. The highest BCUT2D eigenvalue weighted by atomic mass is 16.5. The third-order valence-corrected chi connectivity index (χ3v) is 6.27. The Labute approximate surface area is 140 Å². The Kier molecular flexibility index (Phi) is 2.65. The number of benzene rings is 1. The van der Waals surface area contributed by atoms with Gasteiger partial charge in [0.2, 0.25) is 0 Å². The maximum Gasteiger partial charge on any atom is 0.254 e. The zero-order valence-corrected chi connectivity index (χ0v) is 13.4. The highest BCUT2D eigenvalue weighted by Gasteiger charge is 2.73. The zero-order chi connectivity index (χ0) is 16.5. The second kappa shape index (κ2) is 4.56. The number of fused-ring (bicyclic) bond motifs is 3. The van der Waals surface area contributed by atoms with Crippen LogP contribution < -0.4 is 4.74 Å². The standard InChI is InChI=1S/C19H18N2O3/c1-24-12-4-2-11(3-5-12)10-20-21-17(22)15-13-6-7-14(16(15)18(21)23)19(13)8-9-19/h2-7,10,13-16H,8-9H2,1H3/b20-10+. The van der Waals surface area contributed by atoms with Gasteiger partial charge < -0.3 is 4.74 Å². The average molecular weight is 322 g/mol. The molecule has 3 aliphatic carbocycles. The molecule has 4 atom stereocenters. The minimum atomic E-state index is -0.192. The van der Waals surface area contributed by atoms with Crippen molar-refractivity contribution >= 4 is 18.0 Å². The van der Waals surface area contributed by atoms with E-state index >= 15 is 0 Å². The predicted octanol–water partition coefficient (Wildman–Crippen LogP) is 2.23. The van der Waals surface area contributed by atoms with Crippen LogP contribution in [0.4, 0.5) is 0 Å². The number of imide groups is 1. The van der Waals surface area contributed by atoms with Crippen LogP contribution in [0, 0.1) is 29.1 Å². The molecule has 1 heterocycles. The van der Waals surface area contributed by atoms with Crippen LogP contribution in [-0.4, -0.2) is 30.1 Å². The highest BCUT2D eigenvalue weighted by Crippen LogP contribution is 2.73. The number of carbonyl (C=O) groups is 2. The van der Waals surface area contributed by atoms with Gasteiger partial charge in [0.15, 0.2) is 0 Å². The first-order valence-electron chi connectivity index (χ1n) is 8.40. The second-order valence-corrected chi connectivity index (χ2v) is 7.23. The van der Waals surface area contributed by atoms with Gasteiger partial charge in [-0.05, 0) is 59.9 Å². The van der Waals surface area contributed by atoms with Gasteiger partial charge in [-0.1, -0.05) is 12.2 Å². The molecule has 2 amide bonds. The Morgan fingerprint density at radius 2 is 1.67 bits per heavy atom. The van der Waals surface area contributed by atoms with Crippen LogP contribution in [0.2, 0.25) is 0 Å². The maximum absolute atomic E-state index is 12.8. The Bertz CT molecular complexity index is 757. The summed E-state index contributed by atoms with van der Waals surface area (Å²) >= 11 is 0. The van der Waals surface area contributed by atoms with Gasteiger partial charge >= 0.3 is 0 Å². The number of methoxy groups -OCH3 is 1. The quantitative estimate of drug-likeness (QED) is 0.487. The van der Waals surface area contributed by atoms with Crippen molar-refractivity contribution in [2.75, 3.05) is 7.11 Å². The second-order valence-electron chi connectivity index (χ2n) is 7.23. The van der Waals surface area contributed by atoms with Crippen LogP contribution >= 0.6 is 0 Å². The van der Waals surface area contributed by atoms with E-state index in [0.29, 0.717) is 0 Å². The first-order valence-corrected chi connectivity index (χ1v) is 8.40. The van der Waals surface area contributed by atoms with E-state index in [1.807, 2.05) is 24.3 Å². The first-order chi connectivity index (χ1) is 11.7. The van der Waals surface area contributed by atoms with E-state index < -0.39 is 0 Å². The molecule has 4 unspecified atom stereocenters. The fourth-order valence-corrected chi connectivity index (χ4v) is 4.99. The fraction of sp³-hybridized carbons (Fsp3) is 0.421. The third-order valence-electron chi connectivity index (χ3n) is 6.27. The van der Waals surface area contributed by atoms with Crippen molar-refractivity contribution in [3.05, 3.63) is 42.0 Å². The third kappa shape index (κ3) is 1.62. The number of hydrazone groups is 1. The van der Waals surface area contributed by atoms with E-state index in [1.165, 1.54) is 0 Å². The van der Waals surface area contributed by atoms with Crippen molar-refractivity contribution in [3.63, 3.8) is 0 Å². The van der Waals surface area contributed by atoms with E-state index in [0.717, 1.165) is 29.2 Å². The summed E-state index contributed by atoms with van der Waals surface area (Å²) in [5.41, 5.74) is 1.06. The van der Waals surface area contributed by atoms with E-state index in [1.54, 1.807) is 13.3 Å². The van der Waals surface area contributed by atoms with E-state index in [4.69, 9.17) is 4.74 Å². The lowest BCUT2D eigenvalue weighted by Gasteiger charge is -2.18. The van der Waals surface area contributed by atoms with Crippen LogP contribution in [-0.2, 0) is 9.59 Å². The van der Waals surface area contributed by atoms with Gasteiger partial charge in [-0.2, -0.15) is 10.1 Å². The molecule has 1 aromatic carbocycles. The summed E-state index contributed by atoms with van der Waals surface area (Å²) in [6.45, 7) is 0. The van der Waals surface area contributed by atoms with Crippen molar-refractivity contribution in [2.45, 2.75) is 12.8 Å². The van der Waals surface area contributed by atoms with Gasteiger partial charge in [-0.15, -0.1) is 0 Å². The molecule has 5 nitrogen and oxygen atoms in total. The van der Waals surface area contributed by atoms with E-state index in [2.05, 4.69) is 17.3 Å².